The van der Waals surface area contributed by atoms with Gasteiger partial charge in [0, 0.05) is 13.0 Å². The first kappa shape index (κ1) is 68.2. The van der Waals surface area contributed by atoms with Gasteiger partial charge >= 0.3 is 13.8 Å². The second kappa shape index (κ2) is 53.5. The number of nitrogens with zero attached hydrogens (tertiary/aromatic N) is 1. The van der Waals surface area contributed by atoms with Gasteiger partial charge in [-0.25, -0.2) is 4.57 Å². The summed E-state index contributed by atoms with van der Waals surface area (Å²) >= 11 is 0. The molecule has 0 fully saturated rings. The number of unbranched alkanes of at least 4 members (excludes halogenated alkanes) is 42. The average molecular weight is 1000 g/mol. The highest BCUT2D eigenvalue weighted by Gasteiger charge is 2.26. The summed E-state index contributed by atoms with van der Waals surface area (Å²) in [5, 5.41) is 0. The van der Waals surface area contributed by atoms with Crippen molar-refractivity contribution in [2.24, 2.45) is 0 Å². The smallest absolute Gasteiger partial charge is 0.457 e. The lowest BCUT2D eigenvalue weighted by atomic mass is 10.0. The van der Waals surface area contributed by atoms with E-state index < -0.39 is 13.9 Å². The number of carbonyl (C=O) groups is 1. The van der Waals surface area contributed by atoms with Crippen molar-refractivity contribution in [2.75, 3.05) is 54.1 Å². The topological polar surface area (TPSA) is 91.3 Å². The van der Waals surface area contributed by atoms with Gasteiger partial charge in [-0.15, -0.1) is 0 Å². The molecule has 0 aromatic rings. The molecule has 0 aliphatic rings. The zero-order valence-corrected chi connectivity index (χ0v) is 48.0. The molecule has 0 saturated carbocycles. The largest absolute Gasteiger partial charge is 0.472 e. The normalized spacial score (nSPS) is 13.4. The van der Waals surface area contributed by atoms with Crippen molar-refractivity contribution >= 4 is 13.8 Å². The van der Waals surface area contributed by atoms with Crippen LogP contribution in [0.3, 0.4) is 0 Å². The molecule has 412 valence electrons. The molecule has 0 spiro atoms. The molecule has 0 aliphatic heterocycles. The van der Waals surface area contributed by atoms with Crippen LogP contribution in [-0.2, 0) is 27.9 Å². The van der Waals surface area contributed by atoms with Crippen molar-refractivity contribution in [3.63, 3.8) is 0 Å². The van der Waals surface area contributed by atoms with Crippen molar-refractivity contribution < 1.29 is 37.3 Å². The van der Waals surface area contributed by atoms with Crippen molar-refractivity contribution in [3.8, 4) is 0 Å². The fraction of sp³-hybridized carbons (Fsp3) is 0.950. The maximum atomic E-state index is 12.8. The Labute approximate surface area is 431 Å². The monoisotopic (exact) mass is 999 g/mol. The van der Waals surface area contributed by atoms with E-state index in [9.17, 15) is 14.3 Å². The van der Waals surface area contributed by atoms with Crippen LogP contribution in [0, 0.1) is 0 Å². The molecule has 0 amide bonds. The Hall–Kier alpha value is -0.760. The number of allylic oxidation sites excluding steroid dienone is 2. The molecule has 69 heavy (non-hydrogen) atoms. The number of rotatable bonds is 58. The minimum Gasteiger partial charge on any atom is -0.457 e. The summed E-state index contributed by atoms with van der Waals surface area (Å²) in [4.78, 5) is 23.1. The molecule has 0 saturated heterocycles. The van der Waals surface area contributed by atoms with Gasteiger partial charge in [0.1, 0.15) is 19.3 Å². The van der Waals surface area contributed by atoms with Crippen LogP contribution < -0.4 is 0 Å². The van der Waals surface area contributed by atoms with Gasteiger partial charge in [-0.05, 0) is 38.5 Å². The number of ether oxygens (including phenoxy) is 2. The fourth-order valence-corrected chi connectivity index (χ4v) is 9.88. The molecular weight excluding hydrogens is 878 g/mol. The van der Waals surface area contributed by atoms with Crippen LogP contribution in [-0.4, -0.2) is 75.6 Å². The van der Waals surface area contributed by atoms with Crippen LogP contribution in [0.2, 0.25) is 0 Å². The van der Waals surface area contributed by atoms with Gasteiger partial charge in [0.2, 0.25) is 0 Å². The highest BCUT2D eigenvalue weighted by atomic mass is 31.2. The van der Waals surface area contributed by atoms with E-state index >= 15 is 0 Å². The summed E-state index contributed by atoms with van der Waals surface area (Å²) < 4.78 is 35.3. The summed E-state index contributed by atoms with van der Waals surface area (Å²) in [6, 6.07) is 0. The number of likely N-dealkylation sites (N-methyl/N-ethyl adjacent to an activating group) is 1. The predicted octanol–water partition coefficient (Wildman–Crippen LogP) is 19.3. The van der Waals surface area contributed by atoms with Crippen molar-refractivity contribution in [2.45, 2.75) is 315 Å². The molecular formula is C60H121NO7P+. The Morgan fingerprint density at radius 3 is 1.10 bits per heavy atom. The molecule has 9 heteroatoms. The lowest BCUT2D eigenvalue weighted by Crippen LogP contribution is -2.37. The summed E-state index contributed by atoms with van der Waals surface area (Å²) in [7, 11) is 1.69. The van der Waals surface area contributed by atoms with Gasteiger partial charge < -0.3 is 18.9 Å². The predicted molar refractivity (Wildman–Crippen MR) is 298 cm³/mol. The van der Waals surface area contributed by atoms with E-state index in [0.29, 0.717) is 24.1 Å². The Morgan fingerprint density at radius 1 is 0.435 bits per heavy atom. The fourth-order valence-electron chi connectivity index (χ4n) is 9.14. The Morgan fingerprint density at radius 2 is 0.754 bits per heavy atom. The van der Waals surface area contributed by atoms with Gasteiger partial charge in [0.25, 0.3) is 0 Å². The third kappa shape index (κ3) is 58.0. The lowest BCUT2D eigenvalue weighted by molar-refractivity contribution is -0.870. The first-order valence-electron chi connectivity index (χ1n) is 30.4. The van der Waals surface area contributed by atoms with E-state index in [1.165, 1.54) is 257 Å². The second-order valence-corrected chi connectivity index (χ2v) is 23.5. The molecule has 0 aromatic heterocycles. The molecule has 0 heterocycles. The molecule has 0 aliphatic carbocycles. The Kier molecular flexibility index (Phi) is 52.9. The molecule has 2 atom stereocenters. The van der Waals surface area contributed by atoms with E-state index in [2.05, 4.69) is 26.0 Å². The number of hydrogen-bond acceptors (Lipinski definition) is 6. The van der Waals surface area contributed by atoms with Crippen LogP contribution in [0.15, 0.2) is 12.2 Å². The van der Waals surface area contributed by atoms with E-state index in [4.69, 9.17) is 18.5 Å². The number of esters is 1. The molecule has 8 nitrogen and oxygen atoms in total. The van der Waals surface area contributed by atoms with Gasteiger partial charge in [0.15, 0.2) is 0 Å². The molecule has 0 rings (SSSR count). The van der Waals surface area contributed by atoms with Crippen molar-refractivity contribution in [1.29, 1.82) is 0 Å². The molecule has 0 radical (unpaired) electrons. The summed E-state index contributed by atoms with van der Waals surface area (Å²) in [6.45, 7) is 5.71. The average Bonchev–Trinajstić information content (AvgIpc) is 3.31. The minimum atomic E-state index is -4.28. The van der Waals surface area contributed by atoms with Gasteiger partial charge in [0.05, 0.1) is 34.4 Å². The summed E-state index contributed by atoms with van der Waals surface area (Å²) in [5.41, 5.74) is 0. The lowest BCUT2D eigenvalue weighted by Gasteiger charge is -2.24. The van der Waals surface area contributed by atoms with E-state index in [0.717, 1.165) is 32.1 Å². The maximum absolute atomic E-state index is 12.8. The quantitative estimate of drug-likeness (QED) is 0.0213. The Bertz CT molecular complexity index is 1110. The third-order valence-electron chi connectivity index (χ3n) is 13.8. The van der Waals surface area contributed by atoms with E-state index in [1.54, 1.807) is 0 Å². The van der Waals surface area contributed by atoms with E-state index in [-0.39, 0.29) is 25.8 Å². The van der Waals surface area contributed by atoms with Crippen LogP contribution in [0.1, 0.15) is 309 Å². The van der Waals surface area contributed by atoms with Gasteiger partial charge in [-0.3, -0.25) is 13.8 Å². The van der Waals surface area contributed by atoms with Gasteiger partial charge in [-0.1, -0.05) is 276 Å². The summed E-state index contributed by atoms with van der Waals surface area (Å²) in [6.07, 6.45) is 64.3. The first-order chi connectivity index (χ1) is 33.6. The highest BCUT2D eigenvalue weighted by molar-refractivity contribution is 7.47. The second-order valence-electron chi connectivity index (χ2n) is 22.1. The Balaban J connectivity index is 3.99. The zero-order chi connectivity index (χ0) is 50.5. The highest BCUT2D eigenvalue weighted by Crippen LogP contribution is 2.43. The third-order valence-corrected chi connectivity index (χ3v) is 14.8. The molecule has 2 unspecified atom stereocenters. The standard InChI is InChI=1S/C60H120NO7P/c1-6-8-10-12-14-16-18-20-22-24-26-28-30-31-32-33-35-37-39-41-43-45-47-49-51-53-60(62)68-59(58-67-69(63,64)66-56-54-61(3,4)5)57-65-55-52-50-48-46-44-42-40-38-36-34-29-27-25-23-21-19-17-15-13-11-9-7-2/h24,26,59H,6-23,25,27-58H2,1-5H3/p+1/b26-24-. The maximum Gasteiger partial charge on any atom is 0.472 e. The number of hydrogen-bond donors (Lipinski definition) is 1. The molecule has 1 N–H and O–H groups in total. The number of quaternary nitrogens is 1. The first-order valence-corrected chi connectivity index (χ1v) is 31.9. The number of phosphoric acid groups is 1. The zero-order valence-electron chi connectivity index (χ0n) is 47.1. The molecule has 0 aromatic carbocycles. The molecule has 0 bridgehead atoms. The summed E-state index contributed by atoms with van der Waals surface area (Å²) in [5.74, 6) is -0.305. The minimum absolute atomic E-state index is 0.0929. The number of carbonyl (C=O) groups excluding carboxylic acids is 1. The van der Waals surface area contributed by atoms with Crippen LogP contribution in [0.4, 0.5) is 0 Å². The van der Waals surface area contributed by atoms with Crippen molar-refractivity contribution in [1.82, 2.24) is 0 Å². The number of phosphoric ester groups is 1. The van der Waals surface area contributed by atoms with Crippen molar-refractivity contribution in [3.05, 3.63) is 12.2 Å². The van der Waals surface area contributed by atoms with Gasteiger partial charge in [-0.2, -0.15) is 0 Å². The SMILES string of the molecule is CCCCCCCCCC/C=C\CCCCCCCCCCCCCCCC(=O)OC(COCCCCCCCCCCCCCCCCCCCCCCCC)COP(=O)(O)OCC[N+](C)(C)C. The van der Waals surface area contributed by atoms with Crippen LogP contribution >= 0.6 is 7.82 Å². The van der Waals surface area contributed by atoms with Crippen LogP contribution in [0.5, 0.6) is 0 Å². The van der Waals surface area contributed by atoms with E-state index in [1.807, 2.05) is 21.1 Å². The van der Waals surface area contributed by atoms with Crippen LogP contribution in [0.25, 0.3) is 0 Å².